The van der Waals surface area contributed by atoms with Crippen LogP contribution < -0.4 is 10.6 Å². The van der Waals surface area contributed by atoms with Crippen LogP contribution in [0.25, 0.3) is 0 Å². The maximum Gasteiger partial charge on any atom is 0.325 e. The van der Waals surface area contributed by atoms with Crippen LogP contribution in [-0.4, -0.2) is 45.4 Å². The SMILES string of the molecule is CC[C@]1(C)NC(=O)N(CCCNc2ncccc2[N+](=O)[O-])C1=O. The summed E-state index contributed by atoms with van der Waals surface area (Å²) in [4.78, 5) is 39.5. The van der Waals surface area contributed by atoms with Crippen LogP contribution in [0, 0.1) is 10.1 Å². The Morgan fingerprint density at radius 1 is 1.48 bits per heavy atom. The molecule has 1 aromatic heterocycles. The lowest BCUT2D eigenvalue weighted by atomic mass is 9.99. The number of rotatable bonds is 7. The van der Waals surface area contributed by atoms with Crippen molar-refractivity contribution >= 4 is 23.4 Å². The quantitative estimate of drug-likeness (QED) is 0.340. The molecule has 1 aliphatic rings. The van der Waals surface area contributed by atoms with E-state index in [1.54, 1.807) is 6.92 Å². The van der Waals surface area contributed by atoms with Crippen LogP contribution in [0.2, 0.25) is 0 Å². The van der Waals surface area contributed by atoms with Gasteiger partial charge in [0.15, 0.2) is 0 Å². The molecule has 1 saturated heterocycles. The standard InChI is InChI=1S/C14H19N5O4/c1-3-14(2)12(20)18(13(21)17-14)9-5-8-16-11-10(19(22)23)6-4-7-15-11/h4,6-7H,3,5,8-9H2,1-2H3,(H,15,16)(H,17,21)/t14-/m0/s1. The Hall–Kier alpha value is -2.71. The highest BCUT2D eigenvalue weighted by molar-refractivity contribution is 6.06. The third-order valence-electron chi connectivity index (χ3n) is 3.89. The van der Waals surface area contributed by atoms with E-state index >= 15 is 0 Å². The highest BCUT2D eigenvalue weighted by atomic mass is 16.6. The van der Waals surface area contributed by atoms with Gasteiger partial charge in [0.05, 0.1) is 4.92 Å². The summed E-state index contributed by atoms with van der Waals surface area (Å²) in [7, 11) is 0. The number of anilines is 1. The fourth-order valence-electron chi connectivity index (χ4n) is 2.31. The summed E-state index contributed by atoms with van der Waals surface area (Å²) in [6, 6.07) is 2.45. The normalized spacial score (nSPS) is 20.5. The average molecular weight is 321 g/mol. The molecule has 1 atom stereocenters. The molecule has 0 aliphatic carbocycles. The Bertz CT molecular complexity index is 635. The zero-order valence-electron chi connectivity index (χ0n) is 13.0. The van der Waals surface area contributed by atoms with Crippen molar-refractivity contribution in [3.05, 3.63) is 28.4 Å². The first kappa shape index (κ1) is 16.7. The lowest BCUT2D eigenvalue weighted by Crippen LogP contribution is -2.43. The Kier molecular flexibility index (Phi) is 4.77. The van der Waals surface area contributed by atoms with Crippen molar-refractivity contribution in [1.29, 1.82) is 0 Å². The van der Waals surface area contributed by atoms with E-state index in [0.717, 1.165) is 0 Å². The molecular weight excluding hydrogens is 302 g/mol. The Morgan fingerprint density at radius 2 is 2.22 bits per heavy atom. The molecule has 1 fully saturated rings. The molecule has 9 nitrogen and oxygen atoms in total. The van der Waals surface area contributed by atoms with Crippen molar-refractivity contribution in [2.75, 3.05) is 18.4 Å². The molecule has 1 aromatic rings. The minimum absolute atomic E-state index is 0.110. The molecule has 3 amide bonds. The second-order valence-electron chi connectivity index (χ2n) is 5.48. The molecule has 23 heavy (non-hydrogen) atoms. The number of carbonyl (C=O) groups excluding carboxylic acids is 2. The second-order valence-corrected chi connectivity index (χ2v) is 5.48. The van der Waals surface area contributed by atoms with E-state index in [0.29, 0.717) is 19.4 Å². The molecule has 0 spiro atoms. The number of nitrogens with one attached hydrogen (secondary N) is 2. The molecule has 0 saturated carbocycles. The molecule has 124 valence electrons. The topological polar surface area (TPSA) is 117 Å². The van der Waals surface area contributed by atoms with Gasteiger partial charge in [0.2, 0.25) is 5.82 Å². The van der Waals surface area contributed by atoms with E-state index in [1.165, 1.54) is 23.2 Å². The van der Waals surface area contributed by atoms with E-state index in [9.17, 15) is 19.7 Å². The van der Waals surface area contributed by atoms with E-state index in [-0.39, 0.29) is 24.0 Å². The molecule has 2 heterocycles. The van der Waals surface area contributed by atoms with E-state index in [4.69, 9.17) is 0 Å². The summed E-state index contributed by atoms with van der Waals surface area (Å²) in [6.45, 7) is 4.14. The van der Waals surface area contributed by atoms with Crippen molar-refractivity contribution in [1.82, 2.24) is 15.2 Å². The summed E-state index contributed by atoms with van der Waals surface area (Å²) in [5, 5.41) is 16.4. The zero-order chi connectivity index (χ0) is 17.0. The van der Waals surface area contributed by atoms with Crippen molar-refractivity contribution in [3.8, 4) is 0 Å². The Morgan fingerprint density at radius 3 is 2.83 bits per heavy atom. The van der Waals surface area contributed by atoms with Crippen LogP contribution in [0.4, 0.5) is 16.3 Å². The van der Waals surface area contributed by atoms with Crippen LogP contribution in [0.1, 0.15) is 26.7 Å². The minimum Gasteiger partial charge on any atom is -0.364 e. The number of imide groups is 1. The molecule has 0 unspecified atom stereocenters. The largest absolute Gasteiger partial charge is 0.364 e. The van der Waals surface area contributed by atoms with Crippen LogP contribution in [0.15, 0.2) is 18.3 Å². The number of hydrogen-bond acceptors (Lipinski definition) is 6. The number of nitrogens with zero attached hydrogens (tertiary/aromatic N) is 3. The lowest BCUT2D eigenvalue weighted by molar-refractivity contribution is -0.384. The van der Waals surface area contributed by atoms with Crippen LogP contribution >= 0.6 is 0 Å². The van der Waals surface area contributed by atoms with Gasteiger partial charge in [-0.2, -0.15) is 0 Å². The number of urea groups is 1. The summed E-state index contributed by atoms with van der Waals surface area (Å²) in [5.41, 5.74) is -0.953. The average Bonchev–Trinajstić information content (AvgIpc) is 2.75. The van der Waals surface area contributed by atoms with Gasteiger partial charge in [-0.15, -0.1) is 0 Å². The molecule has 9 heteroatoms. The molecular formula is C14H19N5O4. The van der Waals surface area contributed by atoms with E-state index < -0.39 is 16.5 Å². The zero-order valence-corrected chi connectivity index (χ0v) is 13.0. The summed E-state index contributed by atoms with van der Waals surface area (Å²) < 4.78 is 0. The van der Waals surface area contributed by atoms with Gasteiger partial charge in [-0.25, -0.2) is 9.78 Å². The van der Waals surface area contributed by atoms with Gasteiger partial charge in [0, 0.05) is 25.4 Å². The fraction of sp³-hybridized carbons (Fsp3) is 0.500. The molecule has 1 aliphatic heterocycles. The first-order valence-corrected chi connectivity index (χ1v) is 7.36. The third-order valence-corrected chi connectivity index (χ3v) is 3.89. The molecule has 0 bridgehead atoms. The monoisotopic (exact) mass is 321 g/mol. The third kappa shape index (κ3) is 3.38. The van der Waals surface area contributed by atoms with Crippen molar-refractivity contribution in [3.63, 3.8) is 0 Å². The van der Waals surface area contributed by atoms with Gasteiger partial charge < -0.3 is 10.6 Å². The van der Waals surface area contributed by atoms with E-state index in [2.05, 4.69) is 15.6 Å². The maximum absolute atomic E-state index is 12.2. The summed E-state index contributed by atoms with van der Waals surface area (Å²) in [5.74, 6) is -0.0677. The number of nitro groups is 1. The molecule has 0 radical (unpaired) electrons. The van der Waals surface area contributed by atoms with Crippen molar-refractivity contribution in [2.24, 2.45) is 0 Å². The highest BCUT2D eigenvalue weighted by Gasteiger charge is 2.45. The van der Waals surface area contributed by atoms with Gasteiger partial charge >= 0.3 is 11.7 Å². The van der Waals surface area contributed by atoms with Gasteiger partial charge in [-0.05, 0) is 25.8 Å². The number of pyridine rings is 1. The smallest absolute Gasteiger partial charge is 0.325 e. The van der Waals surface area contributed by atoms with Crippen LogP contribution in [-0.2, 0) is 4.79 Å². The molecule has 0 aromatic carbocycles. The summed E-state index contributed by atoms with van der Waals surface area (Å²) >= 11 is 0. The predicted octanol–water partition coefficient (Wildman–Crippen LogP) is 1.51. The maximum atomic E-state index is 12.2. The number of amides is 3. The summed E-state index contributed by atoms with van der Waals surface area (Å²) in [6.07, 6.45) is 2.44. The van der Waals surface area contributed by atoms with Crippen molar-refractivity contribution in [2.45, 2.75) is 32.2 Å². The first-order chi connectivity index (χ1) is 10.9. The fourth-order valence-corrected chi connectivity index (χ4v) is 2.31. The minimum atomic E-state index is -0.843. The Balaban J connectivity index is 1.88. The lowest BCUT2D eigenvalue weighted by Gasteiger charge is -2.19. The van der Waals surface area contributed by atoms with E-state index in [1.807, 2.05) is 6.92 Å². The number of hydrogen-bond donors (Lipinski definition) is 2. The number of carbonyl (C=O) groups is 2. The van der Waals surface area contributed by atoms with Crippen LogP contribution in [0.5, 0.6) is 0 Å². The van der Waals surface area contributed by atoms with Gasteiger partial charge in [-0.1, -0.05) is 6.92 Å². The first-order valence-electron chi connectivity index (χ1n) is 7.36. The van der Waals surface area contributed by atoms with Gasteiger partial charge in [-0.3, -0.25) is 19.8 Å². The van der Waals surface area contributed by atoms with Gasteiger partial charge in [0.1, 0.15) is 5.54 Å². The molecule has 2 N–H and O–H groups in total. The Labute approximate surface area is 133 Å². The van der Waals surface area contributed by atoms with Crippen LogP contribution in [0.3, 0.4) is 0 Å². The predicted molar refractivity (Wildman–Crippen MR) is 82.9 cm³/mol. The highest BCUT2D eigenvalue weighted by Crippen LogP contribution is 2.22. The van der Waals surface area contributed by atoms with Crippen molar-refractivity contribution < 1.29 is 14.5 Å². The second kappa shape index (κ2) is 6.59. The van der Waals surface area contributed by atoms with Gasteiger partial charge in [0.25, 0.3) is 5.91 Å². The number of aromatic nitrogens is 1. The molecule has 2 rings (SSSR count).